The van der Waals surface area contributed by atoms with Crippen LogP contribution in [-0.2, 0) is 5.54 Å². The average molecular weight is 334 g/mol. The molecule has 2 aromatic carbocycles. The van der Waals surface area contributed by atoms with Crippen molar-refractivity contribution in [2.24, 2.45) is 16.1 Å². The lowest BCUT2D eigenvalue weighted by atomic mass is 9.64. The molecular formula is C21H22N2O2. The summed E-state index contributed by atoms with van der Waals surface area (Å²) in [7, 11) is 0. The lowest BCUT2D eigenvalue weighted by Gasteiger charge is -2.42. The van der Waals surface area contributed by atoms with Crippen LogP contribution < -0.4 is 0 Å². The summed E-state index contributed by atoms with van der Waals surface area (Å²) in [5.74, 6) is 0.967. The topological polar surface area (TPSA) is 65.2 Å². The molecule has 0 saturated heterocycles. The van der Waals surface area contributed by atoms with Crippen LogP contribution in [0.3, 0.4) is 0 Å². The average Bonchev–Trinajstić information content (AvgIpc) is 2.94. The maximum atomic E-state index is 9.68. The van der Waals surface area contributed by atoms with Crippen molar-refractivity contribution in [3.63, 3.8) is 0 Å². The van der Waals surface area contributed by atoms with Crippen molar-refractivity contribution < 1.29 is 10.2 Å². The predicted octanol–water partition coefficient (Wildman–Crippen LogP) is 5.38. The Kier molecular flexibility index (Phi) is 3.83. The fourth-order valence-corrected chi connectivity index (χ4v) is 4.06. The molecule has 1 aliphatic carbocycles. The zero-order valence-corrected chi connectivity index (χ0v) is 14.3. The molecule has 2 aliphatic rings. The monoisotopic (exact) mass is 334 g/mol. The third-order valence-electron chi connectivity index (χ3n) is 5.55. The minimum absolute atomic E-state index is 0.251. The molecule has 4 heteroatoms. The Morgan fingerprint density at radius 1 is 0.960 bits per heavy atom. The number of azo groups is 1. The number of hydrogen-bond donors (Lipinski definition) is 2. The molecule has 25 heavy (non-hydrogen) atoms. The molecule has 1 unspecified atom stereocenters. The van der Waals surface area contributed by atoms with Crippen molar-refractivity contribution in [2.45, 2.75) is 38.1 Å². The number of hydrogen-bond acceptors (Lipinski definition) is 4. The molecule has 1 saturated carbocycles. The molecule has 0 radical (unpaired) electrons. The van der Waals surface area contributed by atoms with E-state index < -0.39 is 5.54 Å². The first-order valence-electron chi connectivity index (χ1n) is 8.90. The second kappa shape index (κ2) is 6.03. The second-order valence-corrected chi connectivity index (χ2v) is 6.87. The summed E-state index contributed by atoms with van der Waals surface area (Å²) in [4.78, 5) is 0. The predicted molar refractivity (Wildman–Crippen MR) is 97.3 cm³/mol. The van der Waals surface area contributed by atoms with E-state index in [0.29, 0.717) is 5.92 Å². The highest BCUT2D eigenvalue weighted by Gasteiger charge is 2.49. The number of nitrogens with zero attached hydrogens (tertiary/aromatic N) is 2. The largest absolute Gasteiger partial charge is 0.508 e. The van der Waals surface area contributed by atoms with E-state index in [0.717, 1.165) is 36.1 Å². The zero-order chi connectivity index (χ0) is 17.4. The summed E-state index contributed by atoms with van der Waals surface area (Å²) in [6.45, 7) is 2.15. The van der Waals surface area contributed by atoms with Crippen LogP contribution in [0, 0.1) is 5.92 Å². The fraction of sp³-hybridized carbons (Fsp3) is 0.333. The molecule has 0 bridgehead atoms. The van der Waals surface area contributed by atoms with Crippen molar-refractivity contribution in [3.8, 4) is 11.5 Å². The number of aromatic hydroxyl groups is 2. The lowest BCUT2D eigenvalue weighted by Crippen LogP contribution is -2.38. The van der Waals surface area contributed by atoms with Crippen LogP contribution in [-0.4, -0.2) is 10.2 Å². The van der Waals surface area contributed by atoms with Gasteiger partial charge in [-0.25, -0.2) is 0 Å². The molecule has 1 aliphatic heterocycles. The van der Waals surface area contributed by atoms with Crippen molar-refractivity contribution in [1.29, 1.82) is 0 Å². The van der Waals surface area contributed by atoms with Crippen LogP contribution in [0.25, 0.3) is 5.70 Å². The van der Waals surface area contributed by atoms with Crippen molar-refractivity contribution >= 4 is 5.70 Å². The van der Waals surface area contributed by atoms with E-state index in [1.165, 1.54) is 12.0 Å². The molecule has 0 amide bonds. The summed E-state index contributed by atoms with van der Waals surface area (Å²) in [5.41, 5.74) is 3.81. The zero-order valence-electron chi connectivity index (χ0n) is 14.3. The highest BCUT2D eigenvalue weighted by atomic mass is 16.3. The number of benzene rings is 2. The SMILES string of the molecule is CCC1=C(c2ccc(O)cc2)N=NC1(c1ccc(O)cc1)C1CCC1. The van der Waals surface area contributed by atoms with Gasteiger partial charge in [0.05, 0.1) is 5.70 Å². The maximum Gasteiger partial charge on any atom is 0.133 e. The van der Waals surface area contributed by atoms with Crippen LogP contribution >= 0.6 is 0 Å². The first kappa shape index (κ1) is 15.9. The van der Waals surface area contributed by atoms with Gasteiger partial charge < -0.3 is 10.2 Å². The molecule has 2 N–H and O–H groups in total. The molecule has 0 aromatic heterocycles. The van der Waals surface area contributed by atoms with Crippen LogP contribution in [0.2, 0.25) is 0 Å². The molecule has 1 heterocycles. The molecular weight excluding hydrogens is 312 g/mol. The second-order valence-electron chi connectivity index (χ2n) is 6.87. The van der Waals surface area contributed by atoms with Crippen molar-refractivity contribution in [1.82, 2.24) is 0 Å². The minimum Gasteiger partial charge on any atom is -0.508 e. The Balaban J connectivity index is 1.88. The molecule has 1 fully saturated rings. The molecule has 4 nitrogen and oxygen atoms in total. The number of phenolic OH excluding ortho intramolecular Hbond substituents is 2. The van der Waals surface area contributed by atoms with Gasteiger partial charge >= 0.3 is 0 Å². The van der Waals surface area contributed by atoms with Gasteiger partial charge in [0.15, 0.2) is 0 Å². The molecule has 4 rings (SSSR count). The fourth-order valence-electron chi connectivity index (χ4n) is 4.06. The quantitative estimate of drug-likeness (QED) is 0.788. The van der Waals surface area contributed by atoms with Crippen LogP contribution in [0.5, 0.6) is 11.5 Å². The Hall–Kier alpha value is -2.62. The van der Waals surface area contributed by atoms with Crippen LogP contribution in [0.15, 0.2) is 64.3 Å². The molecule has 1 atom stereocenters. The summed E-state index contributed by atoms with van der Waals surface area (Å²) >= 11 is 0. The standard InChI is InChI=1S/C21H22N2O2/c1-2-19-20(14-6-10-17(24)11-7-14)22-23-21(19,15-4-3-5-15)16-8-12-18(25)13-9-16/h6-13,15,24-25H,2-5H2,1H3. The summed E-state index contributed by atoms with van der Waals surface area (Å²) in [5, 5.41) is 28.7. The highest BCUT2D eigenvalue weighted by Crippen LogP contribution is 2.56. The Bertz CT molecular complexity index is 833. The Morgan fingerprint density at radius 2 is 1.56 bits per heavy atom. The Labute approximate surface area is 147 Å². The van der Waals surface area contributed by atoms with Gasteiger partial charge in [-0.3, -0.25) is 0 Å². The Morgan fingerprint density at radius 3 is 2.08 bits per heavy atom. The van der Waals surface area contributed by atoms with Crippen molar-refractivity contribution in [2.75, 3.05) is 0 Å². The number of rotatable bonds is 4. The van der Waals surface area contributed by atoms with Gasteiger partial charge in [0, 0.05) is 5.56 Å². The maximum absolute atomic E-state index is 9.68. The van der Waals surface area contributed by atoms with Crippen LogP contribution in [0.1, 0.15) is 43.7 Å². The molecule has 2 aromatic rings. The normalized spacial score (nSPS) is 23.1. The lowest BCUT2D eigenvalue weighted by molar-refractivity contribution is 0.195. The van der Waals surface area contributed by atoms with Gasteiger partial charge in [-0.05, 0) is 72.7 Å². The summed E-state index contributed by atoms with van der Waals surface area (Å²) < 4.78 is 0. The first-order chi connectivity index (χ1) is 12.1. The highest BCUT2D eigenvalue weighted by molar-refractivity contribution is 5.72. The van der Waals surface area contributed by atoms with E-state index in [9.17, 15) is 10.2 Å². The first-order valence-corrected chi connectivity index (χ1v) is 8.90. The van der Waals surface area contributed by atoms with Gasteiger partial charge in [-0.2, -0.15) is 10.2 Å². The van der Waals surface area contributed by atoms with E-state index in [4.69, 9.17) is 5.11 Å². The van der Waals surface area contributed by atoms with Gasteiger partial charge in [0.2, 0.25) is 0 Å². The van der Waals surface area contributed by atoms with Gasteiger partial charge in [0.1, 0.15) is 17.0 Å². The third-order valence-corrected chi connectivity index (χ3v) is 5.55. The van der Waals surface area contributed by atoms with Gasteiger partial charge in [-0.1, -0.05) is 25.5 Å². The van der Waals surface area contributed by atoms with E-state index in [1.54, 1.807) is 24.3 Å². The molecule has 128 valence electrons. The third kappa shape index (κ3) is 2.44. The van der Waals surface area contributed by atoms with E-state index in [2.05, 4.69) is 12.0 Å². The van der Waals surface area contributed by atoms with Gasteiger partial charge in [-0.15, -0.1) is 0 Å². The number of phenols is 2. The van der Waals surface area contributed by atoms with Gasteiger partial charge in [0.25, 0.3) is 0 Å². The van der Waals surface area contributed by atoms with Crippen molar-refractivity contribution in [3.05, 3.63) is 65.2 Å². The summed E-state index contributed by atoms with van der Waals surface area (Å²) in [6, 6.07) is 14.6. The minimum atomic E-state index is -0.423. The van der Waals surface area contributed by atoms with E-state index in [1.807, 2.05) is 24.3 Å². The molecule has 0 spiro atoms. The summed E-state index contributed by atoms with van der Waals surface area (Å²) in [6.07, 6.45) is 4.38. The van der Waals surface area contributed by atoms with E-state index in [-0.39, 0.29) is 11.5 Å². The van der Waals surface area contributed by atoms with E-state index >= 15 is 0 Å². The van der Waals surface area contributed by atoms with Crippen LogP contribution in [0.4, 0.5) is 0 Å². The smallest absolute Gasteiger partial charge is 0.133 e.